The molecule has 0 atom stereocenters. The molecule has 12 heteroatoms. The van der Waals surface area contributed by atoms with Gasteiger partial charge in [0.15, 0.2) is 5.71 Å². The van der Waals surface area contributed by atoms with E-state index in [-0.39, 0.29) is 16.9 Å². The highest BCUT2D eigenvalue weighted by atomic mass is 32.2. The predicted molar refractivity (Wildman–Crippen MR) is 173 cm³/mol. The molecule has 0 spiro atoms. The maximum absolute atomic E-state index is 11.2. The summed E-state index contributed by atoms with van der Waals surface area (Å²) in [6.07, 6.45) is 8.59. The lowest BCUT2D eigenvalue weighted by molar-refractivity contribution is -0.438. The second-order valence-electron chi connectivity index (χ2n) is 12.4. The third-order valence-electron chi connectivity index (χ3n) is 8.46. The molecule has 0 radical (unpaired) electrons. The van der Waals surface area contributed by atoms with Gasteiger partial charge < -0.3 is 16.8 Å². The lowest BCUT2D eigenvalue weighted by Crippen LogP contribution is -2.28. The fourth-order valence-electron chi connectivity index (χ4n) is 6.25. The van der Waals surface area contributed by atoms with Crippen LogP contribution in [0.15, 0.2) is 54.3 Å². The van der Waals surface area contributed by atoms with Crippen LogP contribution in [0.4, 0.5) is 22.7 Å². The second-order valence-corrected chi connectivity index (χ2v) is 15.6. The fraction of sp³-hybridized carbons (Fsp3) is 0.452. The van der Waals surface area contributed by atoms with Gasteiger partial charge in [-0.3, -0.25) is 9.11 Å². The van der Waals surface area contributed by atoms with E-state index in [1.807, 2.05) is 36.4 Å². The Morgan fingerprint density at radius 2 is 1.53 bits per heavy atom. The summed E-state index contributed by atoms with van der Waals surface area (Å²) < 4.78 is 65.2. The van der Waals surface area contributed by atoms with E-state index in [2.05, 4.69) is 49.7 Å². The minimum Gasteiger partial charge on any atom is -0.399 e. The van der Waals surface area contributed by atoms with E-state index in [0.29, 0.717) is 50.0 Å². The monoisotopic (exact) mass is 631 g/mol. The van der Waals surface area contributed by atoms with Gasteiger partial charge in [0.25, 0.3) is 20.2 Å². The summed E-state index contributed by atoms with van der Waals surface area (Å²) in [7, 11) is -8.01. The maximum Gasteiger partial charge on any atom is 0.264 e. The molecule has 2 heterocycles. The normalized spacial score (nSPS) is 18.3. The van der Waals surface area contributed by atoms with E-state index in [1.165, 1.54) is 0 Å². The molecule has 0 bridgehead atoms. The van der Waals surface area contributed by atoms with Crippen molar-refractivity contribution >= 4 is 48.7 Å². The van der Waals surface area contributed by atoms with Gasteiger partial charge in [0.2, 0.25) is 5.69 Å². The number of nitrogens with zero attached hydrogens (tertiary/aromatic N) is 1. The highest BCUT2D eigenvalue weighted by Gasteiger charge is 2.44. The number of nitrogens with one attached hydrogen (secondary N) is 1. The molecule has 43 heavy (non-hydrogen) atoms. The Bertz CT molecular complexity index is 1720. The Morgan fingerprint density at radius 1 is 0.884 bits per heavy atom. The van der Waals surface area contributed by atoms with Crippen molar-refractivity contribution in [1.82, 2.24) is 0 Å². The standard InChI is InChI=1S/C31H42N4O6S2/c1-30(2)23-20-21(32)13-16-26(23)35(17-6-8-19-43(39,40)41)28(30)12-9-11-27-31(3,4)29-22(10-5-7-18-42(36,37)38)24(33)14-15-25(29)34-27/h9,11-16,20H,5-8,10,17-19,32-33H2,1-4H3,(H2,36,37,38,39,40,41)/p+1. The van der Waals surface area contributed by atoms with Crippen molar-refractivity contribution in [3.63, 3.8) is 0 Å². The highest BCUT2D eigenvalue weighted by Crippen LogP contribution is 2.47. The Morgan fingerprint density at radius 3 is 2.19 bits per heavy atom. The molecule has 0 unspecified atom stereocenters. The summed E-state index contributed by atoms with van der Waals surface area (Å²) in [5.41, 5.74) is 20.3. The van der Waals surface area contributed by atoms with Crippen LogP contribution in [0.2, 0.25) is 0 Å². The van der Waals surface area contributed by atoms with Gasteiger partial charge >= 0.3 is 0 Å². The molecule has 2 aromatic rings. The summed E-state index contributed by atoms with van der Waals surface area (Å²) in [5.74, 6) is -0.548. The molecule has 0 fully saturated rings. The molecule has 10 nitrogen and oxygen atoms in total. The van der Waals surface area contributed by atoms with Crippen molar-refractivity contribution < 1.29 is 30.5 Å². The third kappa shape index (κ3) is 7.31. The third-order valence-corrected chi connectivity index (χ3v) is 10.1. The van der Waals surface area contributed by atoms with Crippen LogP contribution in [0.5, 0.6) is 0 Å². The quantitative estimate of drug-likeness (QED) is 0.0939. The van der Waals surface area contributed by atoms with E-state index in [1.54, 1.807) is 0 Å². The smallest absolute Gasteiger partial charge is 0.264 e. The van der Waals surface area contributed by atoms with Gasteiger partial charge in [-0.15, -0.1) is 0 Å². The topological polar surface area (TPSA) is 176 Å². The van der Waals surface area contributed by atoms with E-state index in [9.17, 15) is 16.8 Å². The molecule has 0 saturated heterocycles. The number of anilines is 3. The van der Waals surface area contributed by atoms with Crippen LogP contribution in [-0.4, -0.2) is 54.3 Å². The molecule has 2 aliphatic rings. The fourth-order valence-corrected chi connectivity index (χ4v) is 7.39. The van der Waals surface area contributed by atoms with Crippen molar-refractivity contribution in [2.45, 2.75) is 70.6 Å². The van der Waals surface area contributed by atoms with Crippen LogP contribution in [0.3, 0.4) is 0 Å². The van der Waals surface area contributed by atoms with E-state index >= 15 is 0 Å². The minimum absolute atomic E-state index is 0.273. The van der Waals surface area contributed by atoms with Crippen LogP contribution in [0, 0.1) is 0 Å². The van der Waals surface area contributed by atoms with Gasteiger partial charge in [-0.1, -0.05) is 19.9 Å². The average molecular weight is 632 g/mol. The number of allylic oxidation sites excluding steroid dienone is 4. The number of hydrogen-bond donors (Lipinski definition) is 5. The van der Waals surface area contributed by atoms with Gasteiger partial charge in [0, 0.05) is 52.3 Å². The molecule has 0 amide bonds. The molecule has 234 valence electrons. The van der Waals surface area contributed by atoms with Gasteiger partial charge in [0.1, 0.15) is 6.54 Å². The summed E-state index contributed by atoms with van der Waals surface area (Å²) in [6.45, 7) is 9.11. The first-order chi connectivity index (χ1) is 19.9. The van der Waals surface area contributed by atoms with Crippen molar-refractivity contribution in [3.05, 3.63) is 70.9 Å². The van der Waals surface area contributed by atoms with Crippen LogP contribution < -0.4 is 16.8 Å². The molecule has 4 rings (SSSR count). The summed E-state index contributed by atoms with van der Waals surface area (Å²) >= 11 is 0. The van der Waals surface area contributed by atoms with Gasteiger partial charge in [-0.25, -0.2) is 0 Å². The average Bonchev–Trinajstić information content (AvgIpc) is 3.26. The molecule has 2 aromatic carbocycles. The zero-order chi connectivity index (χ0) is 31.8. The van der Waals surface area contributed by atoms with E-state index < -0.39 is 25.7 Å². The Balaban J connectivity index is 1.62. The lowest BCUT2D eigenvalue weighted by Gasteiger charge is -2.24. The number of fused-ring (bicyclic) bond motifs is 2. The summed E-state index contributed by atoms with van der Waals surface area (Å²) in [6, 6.07) is 9.67. The predicted octanol–water partition coefficient (Wildman–Crippen LogP) is 4.95. The largest absolute Gasteiger partial charge is 0.399 e. The number of rotatable bonds is 12. The molecule has 7 N–H and O–H groups in total. The SMILES string of the molecule is CC1(C)C(C=CC=C2Nc3ccc(N)c(CCCCS(=O)(=O)O)c3C2(C)C)=[N+](CCCCS(=O)(=O)O)c2ccc(N)cc21. The lowest BCUT2D eigenvalue weighted by atomic mass is 9.79. The zero-order valence-electron chi connectivity index (χ0n) is 25.2. The van der Waals surface area contributed by atoms with Crippen molar-refractivity contribution in [3.8, 4) is 0 Å². The number of unbranched alkanes of at least 4 members (excludes halogenated alkanes) is 2. The van der Waals surface area contributed by atoms with Crippen molar-refractivity contribution in [2.75, 3.05) is 34.8 Å². The van der Waals surface area contributed by atoms with Gasteiger partial charge in [-0.05, 0) is 81.0 Å². The first-order valence-electron chi connectivity index (χ1n) is 14.4. The summed E-state index contributed by atoms with van der Waals surface area (Å²) in [4.78, 5) is 0. The zero-order valence-corrected chi connectivity index (χ0v) is 26.9. The van der Waals surface area contributed by atoms with E-state index in [4.69, 9.17) is 20.6 Å². The highest BCUT2D eigenvalue weighted by molar-refractivity contribution is 7.86. The Labute approximate surface area is 255 Å². The second kappa shape index (κ2) is 12.1. The number of benzene rings is 2. The molecule has 0 aliphatic carbocycles. The Hall–Kier alpha value is -3.19. The first kappa shape index (κ1) is 32.7. The van der Waals surface area contributed by atoms with Crippen LogP contribution in [0.25, 0.3) is 0 Å². The molecule has 0 saturated carbocycles. The maximum atomic E-state index is 11.2. The molecular formula is C31H43N4O6S2+. The molecule has 2 aliphatic heterocycles. The van der Waals surface area contributed by atoms with Crippen LogP contribution in [-0.2, 0) is 37.5 Å². The molecule has 0 aromatic heterocycles. The van der Waals surface area contributed by atoms with Crippen molar-refractivity contribution in [2.24, 2.45) is 0 Å². The molecular weight excluding hydrogens is 588 g/mol. The first-order valence-corrected chi connectivity index (χ1v) is 17.7. The van der Waals surface area contributed by atoms with Crippen LogP contribution >= 0.6 is 0 Å². The van der Waals surface area contributed by atoms with E-state index in [0.717, 1.165) is 39.5 Å². The van der Waals surface area contributed by atoms with Gasteiger partial charge in [-0.2, -0.15) is 21.4 Å². The van der Waals surface area contributed by atoms with Crippen molar-refractivity contribution in [1.29, 1.82) is 0 Å². The number of nitrogen functional groups attached to an aromatic ring is 2. The van der Waals surface area contributed by atoms with Gasteiger partial charge in [0.05, 0.1) is 16.9 Å². The minimum atomic E-state index is -4.01. The Kier molecular flexibility index (Phi) is 9.18. The van der Waals surface area contributed by atoms with Crippen LogP contribution in [0.1, 0.15) is 70.1 Å². The summed E-state index contributed by atoms with van der Waals surface area (Å²) in [5, 5.41) is 3.54. The number of hydrogen-bond acceptors (Lipinski definition) is 7. The number of nitrogens with two attached hydrogens (primary N) is 2.